The van der Waals surface area contributed by atoms with Gasteiger partial charge in [-0.3, -0.25) is 9.59 Å². The molecule has 25 heavy (non-hydrogen) atoms. The van der Waals surface area contributed by atoms with Gasteiger partial charge in [0.15, 0.2) is 5.13 Å². The van der Waals surface area contributed by atoms with Crippen LogP contribution in [0.25, 0.3) is 0 Å². The maximum absolute atomic E-state index is 12.1. The quantitative estimate of drug-likeness (QED) is 0.632. The second kappa shape index (κ2) is 8.07. The van der Waals surface area contributed by atoms with Crippen LogP contribution in [0.1, 0.15) is 22.6 Å². The fourth-order valence-corrected chi connectivity index (χ4v) is 4.21. The lowest BCUT2D eigenvalue weighted by Gasteiger charge is -2.04. The van der Waals surface area contributed by atoms with Gasteiger partial charge in [0.05, 0.1) is 0 Å². The maximum Gasteiger partial charge on any atom is 0.307 e. The molecule has 3 aromatic rings. The van der Waals surface area contributed by atoms with E-state index < -0.39 is 0 Å². The Labute approximate surface area is 161 Å². The molecule has 0 unspecified atom stereocenters. The molecule has 1 aromatic carbocycles. The first kappa shape index (κ1) is 18.0. The second-order valence-electron chi connectivity index (χ2n) is 5.53. The van der Waals surface area contributed by atoms with Gasteiger partial charge in [-0.1, -0.05) is 39.4 Å². The molecule has 0 saturated carbocycles. The van der Waals surface area contributed by atoms with Gasteiger partial charge < -0.3 is 9.88 Å². The summed E-state index contributed by atoms with van der Waals surface area (Å²) >= 11 is 6.04. The zero-order valence-electron chi connectivity index (χ0n) is 13.5. The molecule has 0 radical (unpaired) electrons. The van der Waals surface area contributed by atoms with Crippen LogP contribution in [0.3, 0.4) is 0 Å². The predicted octanol–water partition coefficient (Wildman–Crippen LogP) is 4.06. The molecule has 8 heteroatoms. The van der Waals surface area contributed by atoms with E-state index in [4.69, 9.17) is 0 Å². The summed E-state index contributed by atoms with van der Waals surface area (Å²) in [7, 11) is 0. The third-order valence-corrected chi connectivity index (χ3v) is 5.95. The Kier molecular flexibility index (Phi) is 5.82. The van der Waals surface area contributed by atoms with E-state index in [-0.39, 0.29) is 17.2 Å². The minimum absolute atomic E-state index is 0.0312. The van der Waals surface area contributed by atoms with Gasteiger partial charge in [0.2, 0.25) is 5.91 Å². The molecule has 0 bridgehead atoms. The normalized spacial score (nSPS) is 10.8. The van der Waals surface area contributed by atoms with Crippen molar-refractivity contribution in [2.24, 2.45) is 0 Å². The first-order chi connectivity index (χ1) is 12.0. The number of halogens is 1. The van der Waals surface area contributed by atoms with E-state index >= 15 is 0 Å². The molecule has 3 rings (SSSR count). The van der Waals surface area contributed by atoms with Crippen LogP contribution < -0.4 is 10.2 Å². The molecule has 1 amide bonds. The smallest absolute Gasteiger partial charge is 0.303 e. The summed E-state index contributed by atoms with van der Waals surface area (Å²) in [4.78, 5) is 29.0. The summed E-state index contributed by atoms with van der Waals surface area (Å²) in [6.07, 6.45) is 2.82. The highest BCUT2D eigenvalue weighted by atomic mass is 79.9. The van der Waals surface area contributed by atoms with Crippen molar-refractivity contribution in [3.8, 4) is 0 Å². The highest BCUT2D eigenvalue weighted by molar-refractivity contribution is 9.10. The van der Waals surface area contributed by atoms with Crippen molar-refractivity contribution in [1.82, 2.24) is 9.55 Å². The molecule has 0 fully saturated rings. The monoisotopic (exact) mass is 437 g/mol. The molecule has 0 atom stereocenters. The number of rotatable bonds is 6. The molecule has 5 nitrogen and oxygen atoms in total. The molecule has 1 N–H and O–H groups in total. The number of thiazole rings is 2. The number of aryl methyl sites for hydroxylation is 1. The molecule has 0 aliphatic heterocycles. The van der Waals surface area contributed by atoms with Gasteiger partial charge in [0.25, 0.3) is 0 Å². The highest BCUT2D eigenvalue weighted by Gasteiger charge is 2.09. The molecule has 0 spiro atoms. The predicted molar refractivity (Wildman–Crippen MR) is 106 cm³/mol. The fourth-order valence-electron chi connectivity index (χ4n) is 2.32. The topological polar surface area (TPSA) is 64.0 Å². The molecule has 2 aromatic heterocycles. The van der Waals surface area contributed by atoms with Gasteiger partial charge in [-0.05, 0) is 24.6 Å². The van der Waals surface area contributed by atoms with Crippen molar-refractivity contribution in [2.75, 3.05) is 5.32 Å². The van der Waals surface area contributed by atoms with Crippen LogP contribution in [0, 0.1) is 6.92 Å². The van der Waals surface area contributed by atoms with Crippen molar-refractivity contribution >= 4 is 49.6 Å². The van der Waals surface area contributed by atoms with Gasteiger partial charge in [0.1, 0.15) is 0 Å². The Morgan fingerprint density at radius 3 is 2.76 bits per heavy atom. The van der Waals surface area contributed by atoms with Crippen molar-refractivity contribution in [2.45, 2.75) is 26.3 Å². The van der Waals surface area contributed by atoms with Crippen LogP contribution in [-0.2, 0) is 17.8 Å². The molecule has 130 valence electrons. The zero-order chi connectivity index (χ0) is 17.8. The summed E-state index contributed by atoms with van der Waals surface area (Å²) in [5.74, 6) is -0.137. The van der Waals surface area contributed by atoms with E-state index in [0.717, 1.165) is 32.8 Å². The van der Waals surface area contributed by atoms with Crippen LogP contribution in [0.5, 0.6) is 0 Å². The van der Waals surface area contributed by atoms with Gasteiger partial charge in [-0.15, -0.1) is 11.3 Å². The van der Waals surface area contributed by atoms with E-state index in [0.29, 0.717) is 11.7 Å². The summed E-state index contributed by atoms with van der Waals surface area (Å²) < 4.78 is 2.67. The van der Waals surface area contributed by atoms with Crippen molar-refractivity contribution in [3.05, 3.63) is 66.1 Å². The number of amides is 1. The number of carbonyl (C=O) groups is 1. The van der Waals surface area contributed by atoms with Crippen LogP contribution in [0.15, 0.2) is 45.1 Å². The summed E-state index contributed by atoms with van der Waals surface area (Å²) in [5.41, 5.74) is 2.07. The lowest BCUT2D eigenvalue weighted by atomic mass is 10.1. The molecule has 0 aliphatic rings. The largest absolute Gasteiger partial charge is 0.307 e. The molecule has 0 aliphatic carbocycles. The van der Waals surface area contributed by atoms with Gasteiger partial charge in [-0.25, -0.2) is 4.98 Å². The number of nitrogens with zero attached hydrogens (tertiary/aromatic N) is 2. The van der Waals surface area contributed by atoms with Gasteiger partial charge in [-0.2, -0.15) is 0 Å². The zero-order valence-corrected chi connectivity index (χ0v) is 16.7. The molecule has 0 saturated heterocycles. The summed E-state index contributed by atoms with van der Waals surface area (Å²) in [6.45, 7) is 2.25. The fraction of sp³-hybridized carbons (Fsp3) is 0.235. The number of nitrogens with one attached hydrogen (secondary N) is 1. The number of benzene rings is 1. The SMILES string of the molecule is Cc1csc(=O)n1CCC(=O)Nc1ncc(Cc2ccc(Br)cc2)s1. The van der Waals surface area contributed by atoms with Crippen LogP contribution in [0.2, 0.25) is 0 Å². The molecular weight excluding hydrogens is 422 g/mol. The minimum Gasteiger partial charge on any atom is -0.303 e. The lowest BCUT2D eigenvalue weighted by Crippen LogP contribution is -2.20. The van der Waals surface area contributed by atoms with Crippen LogP contribution in [-0.4, -0.2) is 15.5 Å². The van der Waals surface area contributed by atoms with Gasteiger partial charge in [0, 0.05) is 46.0 Å². The summed E-state index contributed by atoms with van der Waals surface area (Å²) in [6, 6.07) is 8.13. The first-order valence-electron chi connectivity index (χ1n) is 7.65. The molecular formula is C17H16BrN3O2S2. The van der Waals surface area contributed by atoms with Crippen molar-refractivity contribution in [1.29, 1.82) is 0 Å². The number of anilines is 1. The Balaban J connectivity index is 1.54. The first-order valence-corrected chi connectivity index (χ1v) is 10.1. The third-order valence-electron chi connectivity index (χ3n) is 3.63. The van der Waals surface area contributed by atoms with Crippen LogP contribution >= 0.6 is 38.6 Å². The lowest BCUT2D eigenvalue weighted by molar-refractivity contribution is -0.116. The van der Waals surface area contributed by atoms with Crippen molar-refractivity contribution in [3.63, 3.8) is 0 Å². The Hall–Kier alpha value is -1.77. The number of aromatic nitrogens is 2. The average Bonchev–Trinajstić information content (AvgIpc) is 3.14. The Morgan fingerprint density at radius 1 is 1.32 bits per heavy atom. The highest BCUT2D eigenvalue weighted by Crippen LogP contribution is 2.22. The third kappa shape index (κ3) is 4.87. The van der Waals surface area contributed by atoms with E-state index in [1.807, 2.05) is 19.1 Å². The Bertz CT molecular complexity index is 928. The average molecular weight is 438 g/mol. The number of carbonyl (C=O) groups excluding carboxylic acids is 1. The summed E-state index contributed by atoms with van der Waals surface area (Å²) in [5, 5.41) is 5.20. The van der Waals surface area contributed by atoms with E-state index in [1.54, 1.807) is 16.1 Å². The molecule has 2 heterocycles. The maximum atomic E-state index is 12.1. The van der Waals surface area contributed by atoms with Crippen molar-refractivity contribution < 1.29 is 4.79 Å². The van der Waals surface area contributed by atoms with E-state index in [1.165, 1.54) is 16.9 Å². The number of hydrogen-bond donors (Lipinski definition) is 1. The minimum atomic E-state index is -0.137. The van der Waals surface area contributed by atoms with Crippen LogP contribution in [0.4, 0.5) is 5.13 Å². The standard InChI is InChI=1S/C17H16BrN3O2S2/c1-11-10-24-17(23)21(11)7-6-15(22)20-16-19-9-14(25-16)8-12-2-4-13(18)5-3-12/h2-5,9-10H,6-8H2,1H3,(H,19,20,22). The number of hydrogen-bond acceptors (Lipinski definition) is 5. The second-order valence-corrected chi connectivity index (χ2v) is 8.38. The van der Waals surface area contributed by atoms with E-state index in [2.05, 4.69) is 38.4 Å². The van der Waals surface area contributed by atoms with E-state index in [9.17, 15) is 9.59 Å². The Morgan fingerprint density at radius 2 is 2.08 bits per heavy atom. The van der Waals surface area contributed by atoms with Gasteiger partial charge >= 0.3 is 4.87 Å².